The first-order chi connectivity index (χ1) is 12.7. The minimum Gasteiger partial charge on any atom is -0.363 e. The Labute approximate surface area is 149 Å². The number of benzene rings is 1. The predicted molar refractivity (Wildman–Crippen MR) is 80.8 cm³/mol. The van der Waals surface area contributed by atoms with Gasteiger partial charge in [-0.15, -0.1) is 0 Å². The number of ketones is 1. The Kier molecular flexibility index (Phi) is 4.80. The molecule has 0 aliphatic heterocycles. The number of aromatic nitrogens is 3. The Bertz CT molecular complexity index is 1040. The van der Waals surface area contributed by atoms with E-state index in [0.717, 1.165) is 12.5 Å². The molecule has 0 amide bonds. The highest BCUT2D eigenvalue weighted by atomic mass is 32.2. The zero-order chi connectivity index (χ0) is 19.7. The molecule has 0 bridgehead atoms. The normalized spacial score (nSPS) is 12.3. The Morgan fingerprint density at radius 1 is 1.19 bits per heavy atom. The molecule has 0 saturated heterocycles. The quantitative estimate of drug-likeness (QED) is 0.619. The van der Waals surface area contributed by atoms with Crippen molar-refractivity contribution in [1.82, 2.24) is 20.0 Å². The van der Waals surface area contributed by atoms with Gasteiger partial charge in [0.15, 0.2) is 5.78 Å². The van der Waals surface area contributed by atoms with Crippen LogP contribution in [0.2, 0.25) is 0 Å². The van der Waals surface area contributed by atoms with E-state index in [0.29, 0.717) is 0 Å². The number of nitrogens with one attached hydrogen (secondary N) is 1. The number of halogens is 3. The highest BCUT2D eigenvalue weighted by Crippen LogP contribution is 2.29. The molecule has 3 rings (SSSR count). The summed E-state index contributed by atoms with van der Waals surface area (Å²) < 4.78 is 71.8. The molecule has 9 nitrogen and oxygen atoms in total. The molecule has 1 N–H and O–H groups in total. The van der Waals surface area contributed by atoms with Gasteiger partial charge in [0.1, 0.15) is 11.2 Å². The van der Waals surface area contributed by atoms with Gasteiger partial charge in [0.25, 0.3) is 0 Å². The SMILES string of the molecule is O=C(CNS(=O)(=O)c1cnoc1)c1ccc(-c2noc(C(F)(F)F)n2)cc1. The summed E-state index contributed by atoms with van der Waals surface area (Å²) >= 11 is 0. The lowest BCUT2D eigenvalue weighted by Gasteiger charge is -2.04. The number of alkyl halides is 3. The van der Waals surface area contributed by atoms with Crippen molar-refractivity contribution >= 4 is 15.8 Å². The van der Waals surface area contributed by atoms with Crippen molar-refractivity contribution in [2.75, 3.05) is 6.54 Å². The number of Topliss-reactive ketones (excluding diaryl/α,β-unsaturated/α-hetero) is 1. The molecule has 0 atom stereocenters. The number of carbonyl (C=O) groups is 1. The van der Waals surface area contributed by atoms with Gasteiger partial charge in [0.05, 0.1) is 12.7 Å². The van der Waals surface area contributed by atoms with E-state index in [2.05, 4.69) is 29.1 Å². The standard InChI is InChI=1S/C14H9F3N4O5S/c15-14(16,17)13-20-12(21-26-13)9-3-1-8(2-4-9)11(22)6-19-27(23,24)10-5-18-25-7-10/h1-5,7,19H,6H2. The third-order valence-corrected chi connectivity index (χ3v) is 4.62. The molecule has 0 saturated carbocycles. The summed E-state index contributed by atoms with van der Waals surface area (Å²) in [5.41, 5.74) is 0.321. The van der Waals surface area contributed by atoms with Crippen LogP contribution in [-0.4, -0.2) is 36.0 Å². The highest BCUT2D eigenvalue weighted by Gasteiger charge is 2.38. The number of sulfonamides is 1. The molecule has 0 unspecified atom stereocenters. The first-order valence-corrected chi connectivity index (χ1v) is 8.59. The lowest BCUT2D eigenvalue weighted by Crippen LogP contribution is -2.29. The summed E-state index contributed by atoms with van der Waals surface area (Å²) in [6.45, 7) is -0.534. The highest BCUT2D eigenvalue weighted by molar-refractivity contribution is 7.89. The lowest BCUT2D eigenvalue weighted by atomic mass is 10.1. The minimum atomic E-state index is -4.76. The molecular formula is C14H9F3N4O5S. The second-order valence-corrected chi connectivity index (χ2v) is 6.87. The van der Waals surface area contributed by atoms with Crippen molar-refractivity contribution in [3.63, 3.8) is 0 Å². The Morgan fingerprint density at radius 3 is 2.44 bits per heavy atom. The van der Waals surface area contributed by atoms with Crippen LogP contribution < -0.4 is 4.72 Å². The van der Waals surface area contributed by atoms with E-state index in [1.54, 1.807) is 0 Å². The fraction of sp³-hybridized carbons (Fsp3) is 0.143. The molecule has 2 heterocycles. The second kappa shape index (κ2) is 6.92. The van der Waals surface area contributed by atoms with E-state index >= 15 is 0 Å². The van der Waals surface area contributed by atoms with Crippen LogP contribution in [0, 0.1) is 0 Å². The molecule has 0 radical (unpaired) electrons. The summed E-state index contributed by atoms with van der Waals surface area (Å²) in [5, 5.41) is 6.49. The average molecular weight is 402 g/mol. The Hall–Kier alpha value is -3.06. The van der Waals surface area contributed by atoms with Crippen LogP contribution in [0.15, 0.2) is 50.7 Å². The zero-order valence-electron chi connectivity index (χ0n) is 13.1. The van der Waals surface area contributed by atoms with E-state index in [4.69, 9.17) is 0 Å². The zero-order valence-corrected chi connectivity index (χ0v) is 13.9. The van der Waals surface area contributed by atoms with Crippen LogP contribution in [0.1, 0.15) is 16.2 Å². The van der Waals surface area contributed by atoms with Crippen LogP contribution in [-0.2, 0) is 16.2 Å². The van der Waals surface area contributed by atoms with Gasteiger partial charge in [-0.3, -0.25) is 4.79 Å². The largest absolute Gasteiger partial charge is 0.471 e. The van der Waals surface area contributed by atoms with E-state index in [1.807, 2.05) is 0 Å². The maximum Gasteiger partial charge on any atom is 0.471 e. The molecule has 1 aromatic carbocycles. The van der Waals surface area contributed by atoms with E-state index in [-0.39, 0.29) is 21.8 Å². The molecule has 27 heavy (non-hydrogen) atoms. The van der Waals surface area contributed by atoms with Gasteiger partial charge in [-0.25, -0.2) is 13.1 Å². The molecule has 2 aromatic heterocycles. The summed E-state index contributed by atoms with van der Waals surface area (Å²) in [7, 11) is -3.95. The number of hydrogen-bond acceptors (Lipinski definition) is 8. The van der Waals surface area contributed by atoms with Gasteiger partial charge in [0, 0.05) is 11.1 Å². The predicted octanol–water partition coefficient (Wildman–Crippen LogP) is 1.90. The first kappa shape index (κ1) is 18.7. The van der Waals surface area contributed by atoms with E-state index in [1.165, 1.54) is 24.3 Å². The van der Waals surface area contributed by atoms with Gasteiger partial charge in [-0.05, 0) is 0 Å². The monoisotopic (exact) mass is 402 g/mol. The first-order valence-electron chi connectivity index (χ1n) is 7.10. The van der Waals surface area contributed by atoms with E-state index in [9.17, 15) is 26.4 Å². The van der Waals surface area contributed by atoms with Gasteiger partial charge < -0.3 is 9.05 Å². The third kappa shape index (κ3) is 4.20. The fourth-order valence-electron chi connectivity index (χ4n) is 1.93. The van der Waals surface area contributed by atoms with Crippen LogP contribution in [0.3, 0.4) is 0 Å². The van der Waals surface area contributed by atoms with Crippen molar-refractivity contribution in [3.8, 4) is 11.4 Å². The Balaban J connectivity index is 1.68. The van der Waals surface area contributed by atoms with Crippen LogP contribution in [0.5, 0.6) is 0 Å². The number of carbonyl (C=O) groups excluding carboxylic acids is 1. The van der Waals surface area contributed by atoms with Crippen LogP contribution >= 0.6 is 0 Å². The van der Waals surface area contributed by atoms with Crippen LogP contribution in [0.25, 0.3) is 11.4 Å². The van der Waals surface area contributed by atoms with Crippen molar-refractivity contribution in [3.05, 3.63) is 48.2 Å². The molecule has 142 valence electrons. The van der Waals surface area contributed by atoms with Crippen molar-refractivity contribution < 1.29 is 35.4 Å². The van der Waals surface area contributed by atoms with Crippen molar-refractivity contribution in [1.29, 1.82) is 0 Å². The molecule has 0 aliphatic rings. The fourth-order valence-corrected chi connectivity index (χ4v) is 2.77. The lowest BCUT2D eigenvalue weighted by molar-refractivity contribution is -0.159. The molecule has 0 fully saturated rings. The van der Waals surface area contributed by atoms with Crippen molar-refractivity contribution in [2.45, 2.75) is 11.1 Å². The maximum atomic E-state index is 12.5. The van der Waals surface area contributed by atoms with Gasteiger partial charge in [-0.1, -0.05) is 34.6 Å². The topological polar surface area (TPSA) is 128 Å². The molecule has 0 spiro atoms. The maximum absolute atomic E-state index is 12.5. The van der Waals surface area contributed by atoms with Gasteiger partial charge in [0.2, 0.25) is 15.8 Å². The molecule has 0 aliphatic carbocycles. The van der Waals surface area contributed by atoms with E-state index < -0.39 is 34.4 Å². The minimum absolute atomic E-state index is 0.131. The van der Waals surface area contributed by atoms with Crippen LogP contribution in [0.4, 0.5) is 13.2 Å². The average Bonchev–Trinajstić information content (AvgIpc) is 3.31. The summed E-state index contributed by atoms with van der Waals surface area (Å²) in [6, 6.07) is 5.23. The van der Waals surface area contributed by atoms with Crippen molar-refractivity contribution in [2.24, 2.45) is 0 Å². The number of rotatable bonds is 6. The summed E-state index contributed by atoms with van der Waals surface area (Å²) in [4.78, 5) is 15.1. The van der Waals surface area contributed by atoms with Gasteiger partial charge >= 0.3 is 12.1 Å². The molecular weight excluding hydrogens is 393 g/mol. The molecule has 13 heteroatoms. The summed E-state index contributed by atoms with van der Waals surface area (Å²) in [6.07, 6.45) is -2.88. The van der Waals surface area contributed by atoms with Gasteiger partial charge in [-0.2, -0.15) is 18.2 Å². The second-order valence-electron chi connectivity index (χ2n) is 5.11. The third-order valence-electron chi connectivity index (χ3n) is 3.28. The molecule has 3 aromatic rings. The number of nitrogens with zero attached hydrogens (tertiary/aromatic N) is 3. The summed E-state index contributed by atoms with van der Waals surface area (Å²) in [5.74, 6) is -2.35. The Morgan fingerprint density at radius 2 is 1.89 bits per heavy atom. The number of hydrogen-bond donors (Lipinski definition) is 1. The smallest absolute Gasteiger partial charge is 0.363 e.